The Morgan fingerprint density at radius 2 is 2.25 bits per heavy atom. The lowest BCUT2D eigenvalue weighted by molar-refractivity contribution is 0.363. The Morgan fingerprint density at radius 1 is 1.35 bits per heavy atom. The molecule has 3 nitrogen and oxygen atoms in total. The summed E-state index contributed by atoms with van der Waals surface area (Å²) in [6, 6.07) is 5.69. The molecule has 4 unspecified atom stereocenters. The lowest BCUT2D eigenvalue weighted by Crippen LogP contribution is -2.17. The van der Waals surface area contributed by atoms with Crippen LogP contribution in [-0.2, 0) is 10.8 Å². The molecule has 2 fully saturated rings. The number of hydrogen-bond acceptors (Lipinski definition) is 4. The largest absolute Gasteiger partial charge is 0.399 e. The molecule has 0 radical (unpaired) electrons. The maximum atomic E-state index is 12.6. The number of nitrogens with two attached hydrogens (primary N) is 1. The number of rotatable bonds is 3. The van der Waals surface area contributed by atoms with E-state index in [1.165, 1.54) is 37.0 Å². The second kappa shape index (κ2) is 4.81. The van der Waals surface area contributed by atoms with Gasteiger partial charge in [-0.25, -0.2) is 4.98 Å². The van der Waals surface area contributed by atoms with Crippen LogP contribution in [0.4, 0.5) is 5.69 Å². The first-order valence-corrected chi connectivity index (χ1v) is 9.37. The van der Waals surface area contributed by atoms with Crippen molar-refractivity contribution in [2.75, 3.05) is 11.5 Å². The fourth-order valence-corrected chi connectivity index (χ4v) is 6.59. The molecule has 0 amide bonds. The lowest BCUT2D eigenvalue weighted by Gasteiger charge is -2.20. The van der Waals surface area contributed by atoms with Gasteiger partial charge in [0, 0.05) is 11.4 Å². The first-order valence-electron chi connectivity index (χ1n) is 7.23. The molecule has 4 atom stereocenters. The van der Waals surface area contributed by atoms with Crippen molar-refractivity contribution < 1.29 is 4.21 Å². The first kappa shape index (κ1) is 12.8. The molecule has 2 N–H and O–H groups in total. The highest BCUT2D eigenvalue weighted by Crippen LogP contribution is 2.48. The number of benzene rings is 1. The van der Waals surface area contributed by atoms with Crippen molar-refractivity contribution in [1.82, 2.24) is 4.98 Å². The maximum absolute atomic E-state index is 12.6. The van der Waals surface area contributed by atoms with Crippen molar-refractivity contribution in [1.29, 1.82) is 0 Å². The summed E-state index contributed by atoms with van der Waals surface area (Å²) in [5, 5.41) is 0. The molecule has 2 saturated carbocycles. The fraction of sp³-hybridized carbons (Fsp3) is 0.533. The van der Waals surface area contributed by atoms with E-state index < -0.39 is 10.8 Å². The maximum Gasteiger partial charge on any atom is 0.181 e. The van der Waals surface area contributed by atoms with Crippen LogP contribution < -0.4 is 5.73 Å². The van der Waals surface area contributed by atoms with Crippen LogP contribution in [0.1, 0.15) is 25.7 Å². The van der Waals surface area contributed by atoms with E-state index in [0.29, 0.717) is 5.92 Å². The molecule has 1 aromatic carbocycles. The van der Waals surface area contributed by atoms with Gasteiger partial charge in [0.2, 0.25) is 0 Å². The normalized spacial score (nSPS) is 30.1. The Morgan fingerprint density at radius 3 is 3.00 bits per heavy atom. The van der Waals surface area contributed by atoms with Crippen LogP contribution in [0.25, 0.3) is 10.2 Å². The first-order chi connectivity index (χ1) is 9.69. The van der Waals surface area contributed by atoms with Gasteiger partial charge in [-0.3, -0.25) is 4.21 Å². The summed E-state index contributed by atoms with van der Waals surface area (Å²) in [4.78, 5) is 4.52. The minimum atomic E-state index is -0.948. The molecule has 2 aliphatic rings. The molecule has 4 rings (SSSR count). The van der Waals surface area contributed by atoms with Crippen molar-refractivity contribution in [2.24, 2.45) is 17.8 Å². The number of thiazole rings is 1. The van der Waals surface area contributed by atoms with Gasteiger partial charge in [0.05, 0.1) is 21.0 Å². The SMILES string of the molecule is Nc1ccc2nc(S(=O)CC3CC4CCC3C4)sc2c1. The molecule has 106 valence electrons. The summed E-state index contributed by atoms with van der Waals surface area (Å²) < 4.78 is 14.4. The zero-order chi connectivity index (χ0) is 13.7. The van der Waals surface area contributed by atoms with E-state index in [1.807, 2.05) is 18.2 Å². The van der Waals surface area contributed by atoms with Crippen molar-refractivity contribution >= 4 is 38.0 Å². The monoisotopic (exact) mass is 306 g/mol. The van der Waals surface area contributed by atoms with Gasteiger partial charge >= 0.3 is 0 Å². The van der Waals surface area contributed by atoms with Gasteiger partial charge in [0.25, 0.3) is 0 Å². The van der Waals surface area contributed by atoms with Crippen molar-refractivity contribution in [3.05, 3.63) is 18.2 Å². The highest BCUT2D eigenvalue weighted by Gasteiger charge is 2.40. The Kier molecular flexibility index (Phi) is 3.07. The predicted octanol–water partition coefficient (Wildman–Crippen LogP) is 3.42. The van der Waals surface area contributed by atoms with Gasteiger partial charge in [0.1, 0.15) is 0 Å². The molecule has 0 spiro atoms. The van der Waals surface area contributed by atoms with E-state index >= 15 is 0 Å². The number of fused-ring (bicyclic) bond motifs is 3. The third-order valence-corrected chi connectivity index (χ3v) is 7.67. The summed E-state index contributed by atoms with van der Waals surface area (Å²) in [5.74, 6) is 3.20. The molecular formula is C15H18N2OS2. The van der Waals surface area contributed by atoms with Crippen LogP contribution in [-0.4, -0.2) is 14.9 Å². The molecule has 20 heavy (non-hydrogen) atoms. The number of aromatic nitrogens is 1. The smallest absolute Gasteiger partial charge is 0.181 e. The van der Waals surface area contributed by atoms with Crippen molar-refractivity contribution in [3.63, 3.8) is 0 Å². The summed E-state index contributed by atoms with van der Waals surface area (Å²) >= 11 is 1.53. The second-order valence-electron chi connectivity index (χ2n) is 6.15. The van der Waals surface area contributed by atoms with E-state index in [-0.39, 0.29) is 0 Å². The third kappa shape index (κ3) is 2.17. The topological polar surface area (TPSA) is 56.0 Å². The van der Waals surface area contributed by atoms with E-state index in [4.69, 9.17) is 5.73 Å². The third-order valence-electron chi connectivity index (χ3n) is 4.84. The van der Waals surface area contributed by atoms with Crippen LogP contribution in [0.2, 0.25) is 0 Å². The van der Waals surface area contributed by atoms with Crippen LogP contribution in [0.5, 0.6) is 0 Å². The summed E-state index contributed by atoms with van der Waals surface area (Å²) in [6.07, 6.45) is 5.41. The predicted molar refractivity (Wildman–Crippen MR) is 84.2 cm³/mol. The zero-order valence-electron chi connectivity index (χ0n) is 11.2. The van der Waals surface area contributed by atoms with E-state index in [2.05, 4.69) is 4.98 Å². The van der Waals surface area contributed by atoms with E-state index in [9.17, 15) is 4.21 Å². The standard InChI is InChI=1S/C15H18N2OS2/c16-12-3-4-13-14(7-12)19-15(17-13)20(18)8-11-6-9-1-2-10(11)5-9/h3-4,7,9-11H,1-2,5-6,8,16H2. The minimum absolute atomic E-state index is 0.659. The Hall–Kier alpha value is -0.940. The molecule has 2 bridgehead atoms. The molecule has 2 aromatic rings. The summed E-state index contributed by atoms with van der Waals surface area (Å²) in [7, 11) is -0.948. The average molecular weight is 306 g/mol. The highest BCUT2D eigenvalue weighted by atomic mass is 32.2. The van der Waals surface area contributed by atoms with Gasteiger partial charge in [-0.1, -0.05) is 6.42 Å². The number of hydrogen-bond donors (Lipinski definition) is 1. The number of nitrogens with zero attached hydrogens (tertiary/aromatic N) is 1. The Labute approximate surface area is 125 Å². The Bertz CT molecular complexity index is 682. The van der Waals surface area contributed by atoms with Crippen LogP contribution in [0.15, 0.2) is 22.5 Å². The van der Waals surface area contributed by atoms with Gasteiger partial charge < -0.3 is 5.73 Å². The van der Waals surface area contributed by atoms with Crippen LogP contribution in [0, 0.1) is 17.8 Å². The zero-order valence-corrected chi connectivity index (χ0v) is 12.9. The number of anilines is 1. The van der Waals surface area contributed by atoms with Gasteiger partial charge in [-0.2, -0.15) is 0 Å². The summed E-state index contributed by atoms with van der Waals surface area (Å²) in [5.41, 5.74) is 7.44. The van der Waals surface area contributed by atoms with Crippen molar-refractivity contribution in [2.45, 2.75) is 30.0 Å². The quantitative estimate of drug-likeness (QED) is 0.884. The number of nitrogen functional groups attached to an aromatic ring is 1. The molecule has 1 aromatic heterocycles. The molecule has 2 aliphatic carbocycles. The van der Waals surface area contributed by atoms with Gasteiger partial charge in [0.15, 0.2) is 4.34 Å². The molecular weight excluding hydrogens is 288 g/mol. The highest BCUT2D eigenvalue weighted by molar-refractivity contribution is 7.87. The minimum Gasteiger partial charge on any atom is -0.399 e. The Balaban J connectivity index is 1.54. The van der Waals surface area contributed by atoms with Gasteiger partial charge in [-0.05, 0) is 55.2 Å². The second-order valence-corrected chi connectivity index (χ2v) is 8.85. The van der Waals surface area contributed by atoms with Crippen molar-refractivity contribution in [3.8, 4) is 0 Å². The summed E-state index contributed by atoms with van der Waals surface area (Å²) in [6.45, 7) is 0. The lowest BCUT2D eigenvalue weighted by atomic mass is 9.90. The molecule has 1 heterocycles. The van der Waals surface area contributed by atoms with Gasteiger partial charge in [-0.15, -0.1) is 11.3 Å². The molecule has 5 heteroatoms. The average Bonchev–Trinajstić information content (AvgIpc) is 3.11. The van der Waals surface area contributed by atoms with Crippen LogP contribution >= 0.6 is 11.3 Å². The van der Waals surface area contributed by atoms with Crippen LogP contribution in [0.3, 0.4) is 0 Å². The molecule has 0 saturated heterocycles. The van der Waals surface area contributed by atoms with E-state index in [1.54, 1.807) is 0 Å². The van der Waals surface area contributed by atoms with E-state index in [0.717, 1.165) is 37.8 Å². The molecule has 0 aliphatic heterocycles. The fourth-order valence-electron chi connectivity index (χ4n) is 3.86.